The molecule has 0 spiro atoms. The number of hydrogen-bond acceptors (Lipinski definition) is 4. The fourth-order valence-electron chi connectivity index (χ4n) is 3.24. The molecule has 5 heteroatoms. The van der Waals surface area contributed by atoms with Crippen LogP contribution in [-0.4, -0.2) is 38.1 Å². The minimum Gasteiger partial charge on any atom is -0.493 e. The van der Waals surface area contributed by atoms with Gasteiger partial charge in [-0.05, 0) is 30.9 Å². The van der Waals surface area contributed by atoms with Crippen LogP contribution in [0.4, 0.5) is 5.69 Å². The molecule has 0 unspecified atom stereocenters. The van der Waals surface area contributed by atoms with Gasteiger partial charge in [-0.1, -0.05) is 19.3 Å². The molecule has 0 aromatic heterocycles. The Morgan fingerprint density at radius 3 is 2.39 bits per heavy atom. The van der Waals surface area contributed by atoms with E-state index in [0.29, 0.717) is 36.1 Å². The molecule has 2 rings (SSSR count). The van der Waals surface area contributed by atoms with E-state index in [9.17, 15) is 4.79 Å². The average Bonchev–Trinajstić information content (AvgIpc) is 2.60. The number of amides is 1. The Morgan fingerprint density at radius 1 is 1.17 bits per heavy atom. The topological polar surface area (TPSA) is 64.8 Å². The summed E-state index contributed by atoms with van der Waals surface area (Å²) in [6.45, 7) is 0. The fraction of sp³-hybridized carbons (Fsp3) is 0.611. The van der Waals surface area contributed by atoms with E-state index < -0.39 is 0 Å². The van der Waals surface area contributed by atoms with Crippen LogP contribution in [0.15, 0.2) is 12.1 Å². The van der Waals surface area contributed by atoms with E-state index in [1.165, 1.54) is 19.3 Å². The first-order chi connectivity index (χ1) is 11.1. The van der Waals surface area contributed by atoms with Gasteiger partial charge >= 0.3 is 0 Å². The average molecular weight is 320 g/mol. The second-order valence-electron chi connectivity index (χ2n) is 6.20. The molecule has 1 aliphatic rings. The van der Waals surface area contributed by atoms with Gasteiger partial charge in [0.15, 0.2) is 11.5 Å². The van der Waals surface area contributed by atoms with Crippen LogP contribution in [0.1, 0.15) is 44.1 Å². The largest absolute Gasteiger partial charge is 0.493 e. The smallest absolute Gasteiger partial charge is 0.222 e. The zero-order chi connectivity index (χ0) is 16.8. The number of ether oxygens (including phenoxy) is 2. The van der Waals surface area contributed by atoms with Gasteiger partial charge in [0.2, 0.25) is 5.91 Å². The van der Waals surface area contributed by atoms with Crippen molar-refractivity contribution >= 4 is 11.6 Å². The SMILES string of the molecule is COc1cc(N)c(CCC(=O)N(C)C2CCCCC2)cc1OC. The summed E-state index contributed by atoms with van der Waals surface area (Å²) in [4.78, 5) is 14.4. The van der Waals surface area contributed by atoms with Crippen LogP contribution in [0.3, 0.4) is 0 Å². The van der Waals surface area contributed by atoms with Gasteiger partial charge in [0.05, 0.1) is 14.2 Å². The summed E-state index contributed by atoms with van der Waals surface area (Å²) in [5.41, 5.74) is 7.62. The summed E-state index contributed by atoms with van der Waals surface area (Å²) in [6.07, 6.45) is 7.08. The molecule has 0 saturated heterocycles. The monoisotopic (exact) mass is 320 g/mol. The highest BCUT2D eigenvalue weighted by atomic mass is 16.5. The highest BCUT2D eigenvalue weighted by molar-refractivity contribution is 5.77. The quantitative estimate of drug-likeness (QED) is 0.818. The number of nitrogen functional groups attached to an aromatic ring is 1. The van der Waals surface area contributed by atoms with Gasteiger partial charge in [0, 0.05) is 31.3 Å². The first-order valence-electron chi connectivity index (χ1n) is 8.32. The summed E-state index contributed by atoms with van der Waals surface area (Å²) < 4.78 is 10.5. The van der Waals surface area contributed by atoms with Gasteiger partial charge in [0.25, 0.3) is 0 Å². The van der Waals surface area contributed by atoms with Crippen molar-refractivity contribution < 1.29 is 14.3 Å². The fourth-order valence-corrected chi connectivity index (χ4v) is 3.24. The van der Waals surface area contributed by atoms with E-state index in [4.69, 9.17) is 15.2 Å². The van der Waals surface area contributed by atoms with Crippen LogP contribution in [0, 0.1) is 0 Å². The third-order valence-corrected chi connectivity index (χ3v) is 4.77. The second-order valence-corrected chi connectivity index (χ2v) is 6.20. The van der Waals surface area contributed by atoms with Crippen LogP contribution in [0.25, 0.3) is 0 Å². The molecular formula is C18H28N2O3. The maximum atomic E-state index is 12.4. The normalized spacial score (nSPS) is 15.3. The summed E-state index contributed by atoms with van der Waals surface area (Å²) in [5.74, 6) is 1.44. The van der Waals surface area contributed by atoms with Crippen molar-refractivity contribution in [1.29, 1.82) is 0 Å². The maximum Gasteiger partial charge on any atom is 0.222 e. The molecule has 23 heavy (non-hydrogen) atoms. The van der Waals surface area contributed by atoms with Crippen molar-refractivity contribution in [2.75, 3.05) is 27.0 Å². The van der Waals surface area contributed by atoms with E-state index in [-0.39, 0.29) is 5.91 Å². The third kappa shape index (κ3) is 4.30. The molecule has 1 aromatic rings. The van der Waals surface area contributed by atoms with Gasteiger partial charge in [-0.15, -0.1) is 0 Å². The predicted octanol–water partition coefficient (Wildman–Crippen LogP) is 3.01. The number of benzene rings is 1. The molecule has 0 bridgehead atoms. The number of rotatable bonds is 6. The Hall–Kier alpha value is -1.91. The van der Waals surface area contributed by atoms with Crippen LogP contribution in [0.5, 0.6) is 11.5 Å². The van der Waals surface area contributed by atoms with Crippen molar-refractivity contribution in [3.05, 3.63) is 17.7 Å². The second kappa shape index (κ2) is 8.09. The maximum absolute atomic E-state index is 12.4. The lowest BCUT2D eigenvalue weighted by Gasteiger charge is -2.31. The van der Waals surface area contributed by atoms with Crippen LogP contribution >= 0.6 is 0 Å². The molecule has 1 saturated carbocycles. The first-order valence-corrected chi connectivity index (χ1v) is 8.32. The number of carbonyl (C=O) groups excluding carboxylic acids is 1. The number of aryl methyl sites for hydroxylation is 1. The standard InChI is InChI=1S/C18H28N2O3/c1-20(14-7-5-4-6-8-14)18(21)10-9-13-11-16(22-2)17(23-3)12-15(13)19/h11-12,14H,4-10,19H2,1-3H3. The summed E-state index contributed by atoms with van der Waals surface area (Å²) >= 11 is 0. The van der Waals surface area contributed by atoms with E-state index >= 15 is 0 Å². The molecule has 0 radical (unpaired) electrons. The van der Waals surface area contributed by atoms with Crippen molar-refractivity contribution in [2.45, 2.75) is 51.0 Å². The van der Waals surface area contributed by atoms with Crippen molar-refractivity contribution in [1.82, 2.24) is 4.90 Å². The highest BCUT2D eigenvalue weighted by Crippen LogP contribution is 2.32. The first kappa shape index (κ1) is 17.4. The highest BCUT2D eigenvalue weighted by Gasteiger charge is 2.22. The molecule has 1 aliphatic carbocycles. The number of methoxy groups -OCH3 is 2. The number of nitrogens with zero attached hydrogens (tertiary/aromatic N) is 1. The van der Waals surface area contributed by atoms with Crippen molar-refractivity contribution in [3.63, 3.8) is 0 Å². The number of hydrogen-bond donors (Lipinski definition) is 1. The Balaban J connectivity index is 1.98. The Kier molecular flexibility index (Phi) is 6.13. The molecule has 1 fully saturated rings. The van der Waals surface area contributed by atoms with Gasteiger partial charge < -0.3 is 20.1 Å². The van der Waals surface area contributed by atoms with Crippen LogP contribution in [-0.2, 0) is 11.2 Å². The van der Waals surface area contributed by atoms with E-state index in [1.807, 2.05) is 18.0 Å². The summed E-state index contributed by atoms with van der Waals surface area (Å²) in [7, 11) is 5.11. The zero-order valence-corrected chi connectivity index (χ0v) is 14.4. The predicted molar refractivity (Wildman–Crippen MR) is 91.9 cm³/mol. The van der Waals surface area contributed by atoms with Gasteiger partial charge in [-0.25, -0.2) is 0 Å². The Morgan fingerprint density at radius 2 is 1.78 bits per heavy atom. The Bertz CT molecular complexity index is 539. The van der Waals surface area contributed by atoms with Crippen molar-refractivity contribution in [2.24, 2.45) is 0 Å². The lowest BCUT2D eigenvalue weighted by molar-refractivity contribution is -0.132. The lowest BCUT2D eigenvalue weighted by atomic mass is 9.94. The molecule has 2 N–H and O–H groups in total. The minimum atomic E-state index is 0.186. The Labute approximate surface area is 138 Å². The third-order valence-electron chi connectivity index (χ3n) is 4.77. The molecular weight excluding hydrogens is 292 g/mol. The number of nitrogens with two attached hydrogens (primary N) is 1. The van der Waals surface area contributed by atoms with E-state index in [2.05, 4.69) is 0 Å². The number of anilines is 1. The molecule has 1 aromatic carbocycles. The molecule has 128 valence electrons. The number of carbonyl (C=O) groups is 1. The van der Waals surface area contributed by atoms with Crippen LogP contribution in [0.2, 0.25) is 0 Å². The van der Waals surface area contributed by atoms with Gasteiger partial charge in [-0.3, -0.25) is 4.79 Å². The molecule has 0 heterocycles. The summed E-state index contributed by atoms with van der Waals surface area (Å²) in [6, 6.07) is 4.02. The molecule has 0 aliphatic heterocycles. The molecule has 1 amide bonds. The van der Waals surface area contributed by atoms with Gasteiger partial charge in [-0.2, -0.15) is 0 Å². The van der Waals surface area contributed by atoms with Gasteiger partial charge in [0.1, 0.15) is 0 Å². The minimum absolute atomic E-state index is 0.186. The van der Waals surface area contributed by atoms with Crippen molar-refractivity contribution in [3.8, 4) is 11.5 Å². The van der Waals surface area contributed by atoms with E-state index in [0.717, 1.165) is 18.4 Å². The summed E-state index contributed by atoms with van der Waals surface area (Å²) in [5, 5.41) is 0. The zero-order valence-electron chi connectivity index (χ0n) is 14.4. The molecule has 5 nitrogen and oxygen atoms in total. The van der Waals surface area contributed by atoms with Crippen LogP contribution < -0.4 is 15.2 Å². The van der Waals surface area contributed by atoms with E-state index in [1.54, 1.807) is 20.3 Å². The lowest BCUT2D eigenvalue weighted by Crippen LogP contribution is -2.38. The molecule has 0 atom stereocenters.